The standard InChI is InChI=1S/C14H24N2OS/c1-9(2)11(10-7-6-8-18-10)16-13(17)12(15)14(3,4)5/h6-9,11-12H,15H2,1-5H3,(H,16,17)/t11?,12-/m0/s1. The average molecular weight is 268 g/mol. The molecule has 0 saturated heterocycles. The fraction of sp³-hybridized carbons (Fsp3) is 0.643. The first-order chi connectivity index (χ1) is 8.23. The molecule has 102 valence electrons. The van der Waals surface area contributed by atoms with Crippen LogP contribution in [0, 0.1) is 11.3 Å². The van der Waals surface area contributed by atoms with Crippen LogP contribution in [0.15, 0.2) is 17.5 Å². The van der Waals surface area contributed by atoms with E-state index in [0.717, 1.165) is 0 Å². The quantitative estimate of drug-likeness (QED) is 0.882. The van der Waals surface area contributed by atoms with Crippen molar-refractivity contribution in [3.05, 3.63) is 22.4 Å². The Morgan fingerprint density at radius 1 is 1.39 bits per heavy atom. The zero-order valence-electron chi connectivity index (χ0n) is 11.9. The molecule has 3 nitrogen and oxygen atoms in total. The molecular weight excluding hydrogens is 244 g/mol. The highest BCUT2D eigenvalue weighted by atomic mass is 32.1. The van der Waals surface area contributed by atoms with Gasteiger partial charge in [-0.3, -0.25) is 4.79 Å². The second-order valence-corrected chi connectivity index (χ2v) is 7.07. The number of hydrogen-bond acceptors (Lipinski definition) is 3. The van der Waals surface area contributed by atoms with Crippen LogP contribution < -0.4 is 11.1 Å². The zero-order chi connectivity index (χ0) is 13.9. The summed E-state index contributed by atoms with van der Waals surface area (Å²) in [4.78, 5) is 13.3. The first kappa shape index (κ1) is 15.2. The highest BCUT2D eigenvalue weighted by molar-refractivity contribution is 7.10. The van der Waals surface area contributed by atoms with Gasteiger partial charge in [0.1, 0.15) is 0 Å². The third-order valence-corrected chi connectivity index (χ3v) is 3.99. The summed E-state index contributed by atoms with van der Waals surface area (Å²) in [5.74, 6) is 0.273. The van der Waals surface area contributed by atoms with Crippen LogP contribution in [0.5, 0.6) is 0 Å². The van der Waals surface area contributed by atoms with E-state index in [0.29, 0.717) is 5.92 Å². The minimum atomic E-state index is -0.487. The molecule has 1 amide bonds. The van der Waals surface area contributed by atoms with Crippen molar-refractivity contribution < 1.29 is 4.79 Å². The summed E-state index contributed by atoms with van der Waals surface area (Å²) in [6.45, 7) is 10.1. The van der Waals surface area contributed by atoms with Crippen LogP contribution in [0.1, 0.15) is 45.5 Å². The van der Waals surface area contributed by atoms with Crippen molar-refractivity contribution in [1.82, 2.24) is 5.32 Å². The van der Waals surface area contributed by atoms with Gasteiger partial charge < -0.3 is 11.1 Å². The van der Waals surface area contributed by atoms with E-state index < -0.39 is 6.04 Å². The van der Waals surface area contributed by atoms with Gasteiger partial charge in [0.15, 0.2) is 0 Å². The maximum Gasteiger partial charge on any atom is 0.237 e. The molecule has 0 bridgehead atoms. The highest BCUT2D eigenvalue weighted by Gasteiger charge is 2.30. The number of nitrogens with two attached hydrogens (primary N) is 1. The van der Waals surface area contributed by atoms with Crippen LogP contribution in [0.3, 0.4) is 0 Å². The molecule has 18 heavy (non-hydrogen) atoms. The number of carbonyl (C=O) groups is 1. The van der Waals surface area contributed by atoms with Crippen LogP contribution in [-0.4, -0.2) is 11.9 Å². The number of nitrogens with one attached hydrogen (secondary N) is 1. The number of hydrogen-bond donors (Lipinski definition) is 2. The molecule has 0 fully saturated rings. The van der Waals surface area contributed by atoms with Gasteiger partial charge in [0.05, 0.1) is 12.1 Å². The van der Waals surface area contributed by atoms with Crippen molar-refractivity contribution in [2.45, 2.75) is 46.7 Å². The summed E-state index contributed by atoms with van der Waals surface area (Å²) in [6, 6.07) is 3.62. The van der Waals surface area contributed by atoms with Gasteiger partial charge >= 0.3 is 0 Å². The molecule has 0 aliphatic rings. The van der Waals surface area contributed by atoms with E-state index >= 15 is 0 Å². The summed E-state index contributed by atoms with van der Waals surface area (Å²) in [7, 11) is 0. The smallest absolute Gasteiger partial charge is 0.237 e. The average Bonchev–Trinajstić information content (AvgIpc) is 2.75. The molecule has 0 aliphatic carbocycles. The van der Waals surface area contributed by atoms with Gasteiger partial charge in [0.25, 0.3) is 0 Å². The Bertz CT molecular complexity index is 379. The van der Waals surface area contributed by atoms with Crippen LogP contribution in [0.2, 0.25) is 0 Å². The lowest BCUT2D eigenvalue weighted by Crippen LogP contribution is -2.50. The number of amides is 1. The molecule has 1 unspecified atom stereocenters. The Hall–Kier alpha value is -0.870. The maximum absolute atomic E-state index is 12.2. The number of rotatable bonds is 4. The molecule has 1 heterocycles. The van der Waals surface area contributed by atoms with Gasteiger partial charge in [-0.1, -0.05) is 40.7 Å². The minimum absolute atomic E-state index is 0.0471. The SMILES string of the molecule is CC(C)C(NC(=O)[C@H](N)C(C)(C)C)c1cccs1. The van der Waals surface area contributed by atoms with E-state index in [1.807, 2.05) is 32.2 Å². The Balaban J connectivity index is 2.77. The van der Waals surface area contributed by atoms with Gasteiger partial charge in [0.2, 0.25) is 5.91 Å². The lowest BCUT2D eigenvalue weighted by Gasteiger charge is -2.29. The number of carbonyl (C=O) groups excluding carboxylic acids is 1. The Labute approximate surface area is 114 Å². The Morgan fingerprint density at radius 3 is 2.39 bits per heavy atom. The van der Waals surface area contributed by atoms with Gasteiger partial charge in [-0.2, -0.15) is 0 Å². The molecule has 3 N–H and O–H groups in total. The molecule has 0 saturated carbocycles. The first-order valence-corrected chi connectivity index (χ1v) is 7.21. The van der Waals surface area contributed by atoms with Crippen molar-refractivity contribution in [3.8, 4) is 0 Å². The summed E-state index contributed by atoms with van der Waals surface area (Å²) < 4.78 is 0. The van der Waals surface area contributed by atoms with Crippen molar-refractivity contribution in [2.75, 3.05) is 0 Å². The largest absolute Gasteiger partial charge is 0.347 e. The van der Waals surface area contributed by atoms with E-state index in [-0.39, 0.29) is 17.4 Å². The predicted molar refractivity (Wildman–Crippen MR) is 77.5 cm³/mol. The second kappa shape index (κ2) is 5.85. The summed E-state index contributed by atoms with van der Waals surface area (Å²) >= 11 is 1.67. The van der Waals surface area contributed by atoms with Crippen LogP contribution in [-0.2, 0) is 4.79 Å². The van der Waals surface area contributed by atoms with E-state index in [9.17, 15) is 4.79 Å². The van der Waals surface area contributed by atoms with E-state index in [1.165, 1.54) is 4.88 Å². The molecule has 0 radical (unpaired) electrons. The predicted octanol–water partition coefficient (Wildman–Crippen LogP) is 2.93. The maximum atomic E-state index is 12.2. The molecule has 0 aliphatic heterocycles. The summed E-state index contributed by atoms with van der Waals surface area (Å²) in [6.07, 6.45) is 0. The molecule has 0 aromatic carbocycles. The fourth-order valence-corrected chi connectivity index (χ4v) is 2.62. The molecule has 1 rings (SSSR count). The molecule has 2 atom stereocenters. The second-order valence-electron chi connectivity index (χ2n) is 6.09. The molecule has 1 aromatic rings. The lowest BCUT2D eigenvalue weighted by molar-refractivity contribution is -0.125. The summed E-state index contributed by atoms with van der Waals surface area (Å²) in [5.41, 5.74) is 5.77. The van der Waals surface area contributed by atoms with Gasteiger partial charge in [-0.25, -0.2) is 0 Å². The lowest BCUT2D eigenvalue weighted by atomic mass is 9.86. The molecular formula is C14H24N2OS. The van der Waals surface area contributed by atoms with E-state index in [1.54, 1.807) is 11.3 Å². The van der Waals surface area contributed by atoms with Gasteiger partial charge in [0, 0.05) is 4.88 Å². The van der Waals surface area contributed by atoms with E-state index in [2.05, 4.69) is 25.2 Å². The van der Waals surface area contributed by atoms with Crippen LogP contribution in [0.4, 0.5) is 0 Å². The first-order valence-electron chi connectivity index (χ1n) is 6.33. The third kappa shape index (κ3) is 3.82. The highest BCUT2D eigenvalue weighted by Crippen LogP contribution is 2.26. The minimum Gasteiger partial charge on any atom is -0.347 e. The number of thiophene rings is 1. The fourth-order valence-electron chi connectivity index (χ4n) is 1.67. The van der Waals surface area contributed by atoms with Gasteiger partial charge in [-0.05, 0) is 22.8 Å². The molecule has 0 spiro atoms. The normalized spacial score (nSPS) is 15.5. The Kier molecular flexibility index (Phi) is 4.93. The molecule has 4 heteroatoms. The van der Waals surface area contributed by atoms with Crippen molar-refractivity contribution in [2.24, 2.45) is 17.1 Å². The van der Waals surface area contributed by atoms with Crippen molar-refractivity contribution >= 4 is 17.2 Å². The third-order valence-electron chi connectivity index (χ3n) is 3.03. The van der Waals surface area contributed by atoms with Crippen molar-refractivity contribution in [1.29, 1.82) is 0 Å². The Morgan fingerprint density at radius 2 is 2.00 bits per heavy atom. The summed E-state index contributed by atoms with van der Waals surface area (Å²) in [5, 5.41) is 5.10. The van der Waals surface area contributed by atoms with Gasteiger partial charge in [-0.15, -0.1) is 11.3 Å². The zero-order valence-corrected chi connectivity index (χ0v) is 12.7. The molecule has 1 aromatic heterocycles. The van der Waals surface area contributed by atoms with Crippen LogP contribution in [0.25, 0.3) is 0 Å². The van der Waals surface area contributed by atoms with Crippen molar-refractivity contribution in [3.63, 3.8) is 0 Å². The van der Waals surface area contributed by atoms with E-state index in [4.69, 9.17) is 5.73 Å². The monoisotopic (exact) mass is 268 g/mol. The van der Waals surface area contributed by atoms with Crippen LogP contribution >= 0.6 is 11.3 Å². The topological polar surface area (TPSA) is 55.1 Å².